The zero-order valence-electron chi connectivity index (χ0n) is 11.4. The average Bonchev–Trinajstić information content (AvgIpc) is 2.37. The van der Waals surface area contributed by atoms with E-state index >= 15 is 0 Å². The second-order valence-electron chi connectivity index (χ2n) is 4.10. The van der Waals surface area contributed by atoms with Gasteiger partial charge in [0.25, 0.3) is 5.91 Å². The summed E-state index contributed by atoms with van der Waals surface area (Å²) in [6, 6.07) is 6.02. The van der Waals surface area contributed by atoms with Crippen molar-refractivity contribution >= 4 is 15.7 Å². The summed E-state index contributed by atoms with van der Waals surface area (Å²) in [6.45, 7) is 5.06. The number of sulfone groups is 1. The van der Waals surface area contributed by atoms with E-state index in [9.17, 15) is 13.2 Å². The van der Waals surface area contributed by atoms with Gasteiger partial charge in [-0.25, -0.2) is 8.42 Å². The molecule has 0 unspecified atom stereocenters. The molecule has 0 aliphatic carbocycles. The van der Waals surface area contributed by atoms with Gasteiger partial charge in [-0.2, -0.15) is 0 Å². The average molecular weight is 285 g/mol. The molecule has 0 aliphatic rings. The largest absolute Gasteiger partial charge is 0.484 e. The lowest BCUT2D eigenvalue weighted by Gasteiger charge is -2.18. The first-order valence-corrected chi connectivity index (χ1v) is 7.98. The zero-order chi connectivity index (χ0) is 14.5. The molecule has 0 radical (unpaired) electrons. The van der Waals surface area contributed by atoms with Gasteiger partial charge in [0, 0.05) is 19.3 Å². The smallest absolute Gasteiger partial charge is 0.260 e. The molecular weight excluding hydrogens is 266 g/mol. The summed E-state index contributed by atoms with van der Waals surface area (Å²) in [4.78, 5) is 13.6. The lowest BCUT2D eigenvalue weighted by Crippen LogP contribution is -2.34. The normalized spacial score (nSPS) is 11.1. The second kappa shape index (κ2) is 6.56. The molecule has 0 saturated heterocycles. The highest BCUT2D eigenvalue weighted by atomic mass is 32.2. The van der Waals surface area contributed by atoms with Gasteiger partial charge >= 0.3 is 0 Å². The van der Waals surface area contributed by atoms with Crippen molar-refractivity contribution in [3.05, 3.63) is 24.3 Å². The van der Waals surface area contributed by atoms with Crippen LogP contribution in [0.25, 0.3) is 0 Å². The minimum absolute atomic E-state index is 0.0418. The second-order valence-corrected chi connectivity index (χ2v) is 6.11. The molecule has 0 bridgehead atoms. The highest BCUT2D eigenvalue weighted by Crippen LogP contribution is 2.15. The van der Waals surface area contributed by atoms with Crippen LogP contribution in [-0.4, -0.2) is 45.2 Å². The Morgan fingerprint density at radius 2 is 1.68 bits per heavy atom. The molecule has 106 valence electrons. The molecule has 0 spiro atoms. The molecule has 0 aliphatic heterocycles. The molecule has 0 heterocycles. The predicted octanol–water partition coefficient (Wildman–Crippen LogP) is 1.34. The maximum atomic E-state index is 11.7. The van der Waals surface area contributed by atoms with E-state index in [4.69, 9.17) is 4.74 Å². The molecular formula is C13H19NO4S. The van der Waals surface area contributed by atoms with Gasteiger partial charge in [-0.05, 0) is 38.1 Å². The summed E-state index contributed by atoms with van der Waals surface area (Å²) in [7, 11) is -3.20. The number of benzene rings is 1. The molecule has 6 heteroatoms. The van der Waals surface area contributed by atoms with E-state index < -0.39 is 9.84 Å². The highest BCUT2D eigenvalue weighted by Gasteiger charge is 2.11. The van der Waals surface area contributed by atoms with Gasteiger partial charge in [0.2, 0.25) is 0 Å². The first-order valence-electron chi connectivity index (χ1n) is 6.09. The Morgan fingerprint density at radius 1 is 1.16 bits per heavy atom. The van der Waals surface area contributed by atoms with Crippen molar-refractivity contribution in [1.29, 1.82) is 0 Å². The Bertz CT molecular complexity index is 518. The van der Waals surface area contributed by atoms with Crippen molar-refractivity contribution in [3.63, 3.8) is 0 Å². The number of carbonyl (C=O) groups excluding carboxylic acids is 1. The standard InChI is InChI=1S/C13H19NO4S/c1-4-14(5-2)13(15)10-18-11-6-8-12(9-7-11)19(3,16)17/h6-9H,4-5,10H2,1-3H3. The van der Waals surface area contributed by atoms with Crippen LogP contribution in [0.3, 0.4) is 0 Å². The molecule has 1 aromatic rings. The van der Waals surface area contributed by atoms with E-state index in [-0.39, 0.29) is 17.4 Å². The first-order chi connectivity index (χ1) is 8.88. The van der Waals surface area contributed by atoms with E-state index in [0.29, 0.717) is 18.8 Å². The van der Waals surface area contributed by atoms with Gasteiger partial charge in [0.05, 0.1) is 4.90 Å². The third kappa shape index (κ3) is 4.55. The summed E-state index contributed by atoms with van der Waals surface area (Å²) in [5, 5.41) is 0. The number of nitrogens with zero attached hydrogens (tertiary/aromatic N) is 1. The molecule has 0 aromatic heterocycles. The van der Waals surface area contributed by atoms with Crippen LogP contribution in [0.1, 0.15) is 13.8 Å². The Balaban J connectivity index is 2.62. The predicted molar refractivity (Wildman–Crippen MR) is 73.0 cm³/mol. The summed E-state index contributed by atoms with van der Waals surface area (Å²) >= 11 is 0. The molecule has 5 nitrogen and oxygen atoms in total. The zero-order valence-corrected chi connectivity index (χ0v) is 12.2. The molecule has 0 atom stereocenters. The summed E-state index contributed by atoms with van der Waals surface area (Å²) < 4.78 is 27.9. The molecule has 1 rings (SSSR count). The van der Waals surface area contributed by atoms with Gasteiger partial charge in [0.1, 0.15) is 5.75 Å². The summed E-state index contributed by atoms with van der Waals surface area (Å²) in [5.74, 6) is 0.394. The van der Waals surface area contributed by atoms with Crippen molar-refractivity contribution in [2.24, 2.45) is 0 Å². The van der Waals surface area contributed by atoms with Crippen LogP contribution in [0, 0.1) is 0 Å². The number of rotatable bonds is 6. The number of likely N-dealkylation sites (N-methyl/N-ethyl adjacent to an activating group) is 1. The van der Waals surface area contributed by atoms with Gasteiger partial charge < -0.3 is 9.64 Å². The van der Waals surface area contributed by atoms with Crippen molar-refractivity contribution < 1.29 is 17.9 Å². The van der Waals surface area contributed by atoms with Crippen LogP contribution in [0.15, 0.2) is 29.2 Å². The first kappa shape index (κ1) is 15.5. The highest BCUT2D eigenvalue weighted by molar-refractivity contribution is 7.90. The van der Waals surface area contributed by atoms with Crippen molar-refractivity contribution in [2.45, 2.75) is 18.7 Å². The Kier molecular flexibility index (Phi) is 5.35. The maximum absolute atomic E-state index is 11.7. The van der Waals surface area contributed by atoms with Gasteiger partial charge in [0.15, 0.2) is 16.4 Å². The van der Waals surface area contributed by atoms with Crippen LogP contribution in [0.2, 0.25) is 0 Å². The Labute approximate surface area is 114 Å². The number of ether oxygens (including phenoxy) is 1. The molecule has 19 heavy (non-hydrogen) atoms. The molecule has 0 fully saturated rings. The van der Waals surface area contributed by atoms with E-state index in [1.54, 1.807) is 17.0 Å². The monoisotopic (exact) mass is 285 g/mol. The lowest BCUT2D eigenvalue weighted by atomic mass is 10.3. The topological polar surface area (TPSA) is 63.7 Å². The minimum Gasteiger partial charge on any atom is -0.484 e. The number of hydrogen-bond donors (Lipinski definition) is 0. The molecule has 0 N–H and O–H groups in total. The van der Waals surface area contributed by atoms with E-state index in [2.05, 4.69) is 0 Å². The fourth-order valence-corrected chi connectivity index (χ4v) is 2.23. The van der Waals surface area contributed by atoms with Crippen LogP contribution in [-0.2, 0) is 14.6 Å². The number of carbonyl (C=O) groups is 1. The van der Waals surface area contributed by atoms with E-state index in [1.807, 2.05) is 13.8 Å². The number of hydrogen-bond acceptors (Lipinski definition) is 4. The third-order valence-electron chi connectivity index (χ3n) is 2.73. The minimum atomic E-state index is -3.20. The lowest BCUT2D eigenvalue weighted by molar-refractivity contribution is -0.132. The Hall–Kier alpha value is -1.56. The van der Waals surface area contributed by atoms with E-state index in [1.165, 1.54) is 12.1 Å². The maximum Gasteiger partial charge on any atom is 0.260 e. The third-order valence-corrected chi connectivity index (χ3v) is 3.86. The van der Waals surface area contributed by atoms with Gasteiger partial charge in [-0.1, -0.05) is 0 Å². The Morgan fingerprint density at radius 3 is 2.11 bits per heavy atom. The van der Waals surface area contributed by atoms with Crippen molar-refractivity contribution in [2.75, 3.05) is 26.0 Å². The van der Waals surface area contributed by atoms with E-state index in [0.717, 1.165) is 6.26 Å². The molecule has 0 saturated carbocycles. The quantitative estimate of drug-likeness (QED) is 0.791. The van der Waals surface area contributed by atoms with Crippen LogP contribution in [0.4, 0.5) is 0 Å². The summed E-state index contributed by atoms with van der Waals surface area (Å²) in [5.41, 5.74) is 0. The van der Waals surface area contributed by atoms with Crippen LogP contribution >= 0.6 is 0 Å². The van der Waals surface area contributed by atoms with Gasteiger partial charge in [-0.15, -0.1) is 0 Å². The van der Waals surface area contributed by atoms with Crippen molar-refractivity contribution in [1.82, 2.24) is 4.90 Å². The molecule has 1 aromatic carbocycles. The number of amides is 1. The van der Waals surface area contributed by atoms with Crippen molar-refractivity contribution in [3.8, 4) is 5.75 Å². The fraction of sp³-hybridized carbons (Fsp3) is 0.462. The fourth-order valence-electron chi connectivity index (χ4n) is 1.60. The summed E-state index contributed by atoms with van der Waals surface area (Å²) in [6.07, 6.45) is 1.15. The molecule has 1 amide bonds. The van der Waals surface area contributed by atoms with Gasteiger partial charge in [-0.3, -0.25) is 4.79 Å². The van der Waals surface area contributed by atoms with Crippen LogP contribution in [0.5, 0.6) is 5.75 Å². The van der Waals surface area contributed by atoms with Crippen LogP contribution < -0.4 is 4.74 Å². The SMILES string of the molecule is CCN(CC)C(=O)COc1ccc(S(C)(=O)=O)cc1.